The van der Waals surface area contributed by atoms with Gasteiger partial charge in [-0.25, -0.2) is 4.98 Å². The Morgan fingerprint density at radius 2 is 1.30 bits per heavy atom. The number of rotatable bonds is 5. The fourth-order valence-corrected chi connectivity index (χ4v) is 4.69. The second kappa shape index (κ2) is 7.69. The van der Waals surface area contributed by atoms with Gasteiger partial charge >= 0.3 is 0 Å². The molecular weight excluding hydrogens is 392 g/mol. The lowest BCUT2D eigenvalue weighted by Crippen LogP contribution is -1.88. The maximum atomic E-state index is 5.34. The van der Waals surface area contributed by atoms with Gasteiger partial charge in [0.25, 0.3) is 0 Å². The Labute approximate surface area is 179 Å². The van der Waals surface area contributed by atoms with E-state index in [4.69, 9.17) is 14.5 Å². The number of benzene rings is 3. The highest BCUT2D eigenvalue weighted by Crippen LogP contribution is 2.40. The van der Waals surface area contributed by atoms with Gasteiger partial charge in [-0.3, -0.25) is 4.40 Å². The number of nitrogens with zero attached hydrogens (tertiary/aromatic N) is 2. The van der Waals surface area contributed by atoms with Crippen LogP contribution >= 0.6 is 11.3 Å². The summed E-state index contributed by atoms with van der Waals surface area (Å²) in [5, 5.41) is 0. The predicted molar refractivity (Wildman–Crippen MR) is 122 cm³/mol. The Kier molecular flexibility index (Phi) is 4.73. The summed E-state index contributed by atoms with van der Waals surface area (Å²) < 4.78 is 12.8. The minimum atomic E-state index is 0.838. The number of ether oxygens (including phenoxy) is 2. The van der Waals surface area contributed by atoms with Gasteiger partial charge in [-0.2, -0.15) is 0 Å². The van der Waals surface area contributed by atoms with Crippen LogP contribution in [0.4, 0.5) is 0 Å². The number of methoxy groups -OCH3 is 2. The molecule has 0 aliphatic carbocycles. The van der Waals surface area contributed by atoms with E-state index in [2.05, 4.69) is 47.0 Å². The van der Waals surface area contributed by atoms with Crippen molar-refractivity contribution >= 4 is 16.3 Å². The van der Waals surface area contributed by atoms with E-state index in [9.17, 15) is 0 Å². The summed E-state index contributed by atoms with van der Waals surface area (Å²) in [5.41, 5.74) is 5.45. The fourth-order valence-electron chi connectivity index (χ4n) is 3.55. The van der Waals surface area contributed by atoms with E-state index >= 15 is 0 Å². The summed E-state index contributed by atoms with van der Waals surface area (Å²) in [7, 11) is 3.36. The first-order chi connectivity index (χ1) is 14.8. The molecule has 5 heteroatoms. The van der Waals surface area contributed by atoms with Gasteiger partial charge in [0.1, 0.15) is 11.5 Å². The van der Waals surface area contributed by atoms with Crippen LogP contribution in [0, 0.1) is 0 Å². The van der Waals surface area contributed by atoms with Gasteiger partial charge in [-0.05, 0) is 54.1 Å². The Balaban J connectivity index is 1.68. The van der Waals surface area contributed by atoms with Crippen LogP contribution < -0.4 is 9.47 Å². The smallest absolute Gasteiger partial charge is 0.195 e. The lowest BCUT2D eigenvalue weighted by Gasteiger charge is -2.07. The summed E-state index contributed by atoms with van der Waals surface area (Å²) in [5.74, 6) is 1.68. The van der Waals surface area contributed by atoms with Crippen molar-refractivity contribution in [1.82, 2.24) is 9.38 Å². The lowest BCUT2D eigenvalue weighted by atomic mass is 10.1. The van der Waals surface area contributed by atoms with Crippen LogP contribution in [-0.4, -0.2) is 23.6 Å². The molecule has 0 N–H and O–H groups in total. The monoisotopic (exact) mass is 412 g/mol. The molecule has 0 unspecified atom stereocenters. The minimum absolute atomic E-state index is 0.838. The van der Waals surface area contributed by atoms with Gasteiger partial charge < -0.3 is 9.47 Å². The van der Waals surface area contributed by atoms with E-state index < -0.39 is 0 Å². The zero-order valence-corrected chi connectivity index (χ0v) is 17.5. The van der Waals surface area contributed by atoms with Crippen LogP contribution in [-0.2, 0) is 0 Å². The van der Waals surface area contributed by atoms with Gasteiger partial charge in [0.05, 0.1) is 30.5 Å². The molecule has 4 nitrogen and oxygen atoms in total. The summed E-state index contributed by atoms with van der Waals surface area (Å²) in [6.45, 7) is 0. The first-order valence-electron chi connectivity index (χ1n) is 9.63. The van der Waals surface area contributed by atoms with Gasteiger partial charge in [-0.1, -0.05) is 41.7 Å². The quantitative estimate of drug-likeness (QED) is 0.334. The maximum Gasteiger partial charge on any atom is 0.195 e. The Hall–Kier alpha value is -3.57. The summed E-state index contributed by atoms with van der Waals surface area (Å²) >= 11 is 1.70. The van der Waals surface area contributed by atoms with Crippen molar-refractivity contribution < 1.29 is 9.47 Å². The molecule has 0 radical (unpaired) electrons. The first kappa shape index (κ1) is 18.5. The molecule has 3 aromatic carbocycles. The standard InChI is InChI=1S/C25H20N2O2S/c1-28-20-12-8-17(9-13-20)22-16-27-23(18-10-14-21(29-2)15-11-18)24(30-25(27)26-22)19-6-4-3-5-7-19/h3-16H,1-2H3. The molecule has 0 atom stereocenters. The molecule has 0 amide bonds. The van der Waals surface area contributed by atoms with Crippen LogP contribution in [0.5, 0.6) is 11.5 Å². The SMILES string of the molecule is COc1ccc(-c2cn3c(-c4ccc(OC)cc4)c(-c4ccccc4)sc3n2)cc1. The van der Waals surface area contributed by atoms with E-state index in [-0.39, 0.29) is 0 Å². The molecule has 0 spiro atoms. The average molecular weight is 413 g/mol. The fraction of sp³-hybridized carbons (Fsp3) is 0.0800. The summed E-state index contributed by atoms with van der Waals surface area (Å²) in [6, 6.07) is 26.6. The molecule has 5 rings (SSSR count). The highest BCUT2D eigenvalue weighted by atomic mass is 32.1. The molecule has 0 saturated heterocycles. The Morgan fingerprint density at radius 3 is 1.90 bits per heavy atom. The Morgan fingerprint density at radius 1 is 0.700 bits per heavy atom. The molecule has 0 aliphatic rings. The van der Waals surface area contributed by atoms with Gasteiger partial charge in [-0.15, -0.1) is 0 Å². The van der Waals surface area contributed by atoms with E-state index in [0.29, 0.717) is 0 Å². The van der Waals surface area contributed by atoms with Crippen LogP contribution in [0.25, 0.3) is 37.9 Å². The normalized spacial score (nSPS) is 11.0. The molecule has 0 bridgehead atoms. The van der Waals surface area contributed by atoms with Crippen molar-refractivity contribution in [3.63, 3.8) is 0 Å². The number of hydrogen-bond donors (Lipinski definition) is 0. The highest BCUT2D eigenvalue weighted by molar-refractivity contribution is 7.20. The molecule has 2 heterocycles. The minimum Gasteiger partial charge on any atom is -0.497 e. The number of hydrogen-bond acceptors (Lipinski definition) is 4. The number of thiazole rings is 1. The molecule has 5 aromatic rings. The third-order valence-corrected chi connectivity index (χ3v) is 6.21. The third-order valence-electron chi connectivity index (χ3n) is 5.11. The first-order valence-corrected chi connectivity index (χ1v) is 10.4. The average Bonchev–Trinajstić information content (AvgIpc) is 3.38. The molecule has 0 fully saturated rings. The molecule has 2 aromatic heterocycles. The van der Waals surface area contributed by atoms with Crippen molar-refractivity contribution in [1.29, 1.82) is 0 Å². The number of aromatic nitrogens is 2. The largest absolute Gasteiger partial charge is 0.497 e. The van der Waals surface area contributed by atoms with E-state index in [0.717, 1.165) is 39.0 Å². The van der Waals surface area contributed by atoms with Gasteiger partial charge in [0.2, 0.25) is 0 Å². The van der Waals surface area contributed by atoms with E-state index in [1.54, 1.807) is 25.6 Å². The number of fused-ring (bicyclic) bond motifs is 1. The second-order valence-electron chi connectivity index (χ2n) is 6.88. The maximum absolute atomic E-state index is 5.34. The van der Waals surface area contributed by atoms with Crippen molar-refractivity contribution in [2.24, 2.45) is 0 Å². The van der Waals surface area contributed by atoms with Gasteiger partial charge in [0.15, 0.2) is 4.96 Å². The van der Waals surface area contributed by atoms with Crippen LogP contribution in [0.2, 0.25) is 0 Å². The highest BCUT2D eigenvalue weighted by Gasteiger charge is 2.18. The molecule has 0 saturated carbocycles. The van der Waals surface area contributed by atoms with Crippen LogP contribution in [0.1, 0.15) is 0 Å². The Bertz CT molecular complexity index is 1290. The zero-order valence-electron chi connectivity index (χ0n) is 16.7. The molecular formula is C25H20N2O2S. The predicted octanol–water partition coefficient (Wildman–Crippen LogP) is 6.41. The van der Waals surface area contributed by atoms with Crippen molar-refractivity contribution in [2.75, 3.05) is 14.2 Å². The topological polar surface area (TPSA) is 35.8 Å². The lowest BCUT2D eigenvalue weighted by molar-refractivity contribution is 0.415. The van der Waals surface area contributed by atoms with Crippen LogP contribution in [0.3, 0.4) is 0 Å². The molecule has 148 valence electrons. The van der Waals surface area contributed by atoms with E-state index in [1.807, 2.05) is 42.5 Å². The van der Waals surface area contributed by atoms with Crippen molar-refractivity contribution in [3.8, 4) is 44.5 Å². The van der Waals surface area contributed by atoms with E-state index in [1.165, 1.54) is 10.4 Å². The van der Waals surface area contributed by atoms with Crippen LogP contribution in [0.15, 0.2) is 85.1 Å². The number of imidazole rings is 1. The van der Waals surface area contributed by atoms with Crippen molar-refractivity contribution in [2.45, 2.75) is 0 Å². The third kappa shape index (κ3) is 3.23. The molecule has 30 heavy (non-hydrogen) atoms. The summed E-state index contributed by atoms with van der Waals surface area (Å²) in [4.78, 5) is 7.08. The van der Waals surface area contributed by atoms with Crippen molar-refractivity contribution in [3.05, 3.63) is 85.1 Å². The zero-order chi connectivity index (χ0) is 20.5. The second-order valence-corrected chi connectivity index (χ2v) is 7.86. The summed E-state index contributed by atoms with van der Waals surface area (Å²) in [6.07, 6.45) is 2.11. The molecule has 0 aliphatic heterocycles. The van der Waals surface area contributed by atoms with Gasteiger partial charge in [0, 0.05) is 17.3 Å².